The molecule has 0 amide bonds. The topological polar surface area (TPSA) is 30.7 Å². The van der Waals surface area contributed by atoms with Gasteiger partial charge in [0.25, 0.3) is 0 Å². The first-order valence-electron chi connectivity index (χ1n) is 5.47. The van der Waals surface area contributed by atoms with Gasteiger partial charge in [0.05, 0.1) is 23.5 Å². The minimum Gasteiger partial charge on any atom is -0.240 e. The number of para-hydroxylation sites is 1. The fraction of sp³-hybridized carbons (Fsp3) is 0.0769. The largest absolute Gasteiger partial charge is 0.240 e. The molecule has 0 saturated heterocycles. The second-order valence-corrected chi connectivity index (χ2v) is 4.91. The van der Waals surface area contributed by atoms with Gasteiger partial charge < -0.3 is 0 Å². The monoisotopic (exact) mass is 275 g/mol. The molecule has 90 valence electrons. The molecule has 3 nitrogen and oxygen atoms in total. The van der Waals surface area contributed by atoms with Crippen LogP contribution < -0.4 is 0 Å². The van der Waals surface area contributed by atoms with Gasteiger partial charge in [-0.25, -0.2) is 9.67 Å². The van der Waals surface area contributed by atoms with Gasteiger partial charge in [0.2, 0.25) is 0 Å². The molecule has 0 saturated carbocycles. The number of nitrogens with zero attached hydrogens (tertiary/aromatic N) is 3. The molecule has 18 heavy (non-hydrogen) atoms. The van der Waals surface area contributed by atoms with Gasteiger partial charge in [0.15, 0.2) is 0 Å². The lowest BCUT2D eigenvalue weighted by Gasteiger charge is -1.98. The Bertz CT molecular complexity index is 645. The lowest BCUT2D eigenvalue weighted by molar-refractivity contribution is 0.881. The molecule has 0 aliphatic carbocycles. The first-order valence-corrected chi connectivity index (χ1v) is 6.89. The molecule has 3 rings (SSSR count). The third-order valence-electron chi connectivity index (χ3n) is 2.54. The van der Waals surface area contributed by atoms with Gasteiger partial charge in [-0.05, 0) is 12.1 Å². The molecule has 3 aromatic rings. The second kappa shape index (κ2) is 4.92. The van der Waals surface area contributed by atoms with Crippen LogP contribution in [-0.2, 0) is 5.88 Å². The summed E-state index contributed by atoms with van der Waals surface area (Å²) in [6.45, 7) is 0. The summed E-state index contributed by atoms with van der Waals surface area (Å²) in [6, 6.07) is 10.0. The van der Waals surface area contributed by atoms with Gasteiger partial charge in [-0.3, -0.25) is 0 Å². The summed E-state index contributed by atoms with van der Waals surface area (Å²) in [5.74, 6) is 0.448. The molecule has 5 heteroatoms. The summed E-state index contributed by atoms with van der Waals surface area (Å²) in [7, 11) is 0. The number of hydrogen-bond acceptors (Lipinski definition) is 3. The van der Waals surface area contributed by atoms with E-state index in [1.165, 1.54) is 0 Å². The van der Waals surface area contributed by atoms with Crippen LogP contribution in [0.25, 0.3) is 16.3 Å². The first-order chi connectivity index (χ1) is 8.86. The van der Waals surface area contributed by atoms with E-state index < -0.39 is 0 Å². The lowest BCUT2D eigenvalue weighted by Crippen LogP contribution is -1.92. The van der Waals surface area contributed by atoms with Gasteiger partial charge in [-0.2, -0.15) is 5.10 Å². The molecule has 1 aromatic carbocycles. The Labute approximate surface area is 114 Å². The van der Waals surface area contributed by atoms with Crippen LogP contribution >= 0.6 is 22.9 Å². The number of benzene rings is 1. The van der Waals surface area contributed by atoms with Crippen molar-refractivity contribution < 1.29 is 0 Å². The Hall–Kier alpha value is -1.65. The minimum absolute atomic E-state index is 0.448. The molecule has 0 atom stereocenters. The van der Waals surface area contributed by atoms with Crippen molar-refractivity contribution in [1.82, 2.24) is 14.8 Å². The van der Waals surface area contributed by atoms with Gasteiger partial charge in [-0.15, -0.1) is 22.9 Å². The fourth-order valence-electron chi connectivity index (χ4n) is 1.66. The Balaban J connectivity index is 1.94. The zero-order valence-electron chi connectivity index (χ0n) is 9.45. The van der Waals surface area contributed by atoms with E-state index in [0.29, 0.717) is 5.88 Å². The highest BCUT2D eigenvalue weighted by molar-refractivity contribution is 7.13. The maximum atomic E-state index is 5.75. The molecule has 0 aliphatic heterocycles. The van der Waals surface area contributed by atoms with Crippen LogP contribution in [0.5, 0.6) is 0 Å². The minimum atomic E-state index is 0.448. The fourth-order valence-corrected chi connectivity index (χ4v) is 2.68. The average molecular weight is 276 g/mol. The Morgan fingerprint density at radius 2 is 2.06 bits per heavy atom. The van der Waals surface area contributed by atoms with Crippen molar-refractivity contribution in [3.63, 3.8) is 0 Å². The smallest absolute Gasteiger partial charge is 0.126 e. The average Bonchev–Trinajstić information content (AvgIpc) is 3.08. The van der Waals surface area contributed by atoms with Gasteiger partial charge in [0.1, 0.15) is 5.01 Å². The highest BCUT2D eigenvalue weighted by Crippen LogP contribution is 2.24. The van der Waals surface area contributed by atoms with Crippen LogP contribution in [0.1, 0.15) is 5.69 Å². The molecule has 2 aromatic heterocycles. The first kappa shape index (κ1) is 11.4. The van der Waals surface area contributed by atoms with Crippen LogP contribution in [0.4, 0.5) is 0 Å². The van der Waals surface area contributed by atoms with Crippen LogP contribution in [0.3, 0.4) is 0 Å². The standard InChI is InChI=1S/C13H10ClN3S/c14-6-11-9-18-13(16-11)10-7-15-17(8-10)12-4-2-1-3-5-12/h1-5,7-9H,6H2. The number of hydrogen-bond donors (Lipinski definition) is 0. The zero-order chi connectivity index (χ0) is 12.4. The van der Waals surface area contributed by atoms with Crippen molar-refractivity contribution in [3.8, 4) is 16.3 Å². The van der Waals surface area contributed by atoms with E-state index in [0.717, 1.165) is 22.0 Å². The van der Waals surface area contributed by atoms with Crippen LogP contribution in [0.15, 0.2) is 48.1 Å². The van der Waals surface area contributed by atoms with E-state index in [4.69, 9.17) is 11.6 Å². The predicted octanol–water partition coefficient (Wildman–Crippen LogP) is 3.73. The lowest BCUT2D eigenvalue weighted by atomic mass is 10.3. The molecule has 0 aliphatic rings. The maximum Gasteiger partial charge on any atom is 0.126 e. The normalized spacial score (nSPS) is 10.7. The quantitative estimate of drug-likeness (QED) is 0.682. The van der Waals surface area contributed by atoms with E-state index >= 15 is 0 Å². The molecule has 2 heterocycles. The third kappa shape index (κ3) is 2.17. The van der Waals surface area contributed by atoms with Crippen LogP contribution in [0, 0.1) is 0 Å². The van der Waals surface area contributed by atoms with Gasteiger partial charge in [-0.1, -0.05) is 18.2 Å². The van der Waals surface area contributed by atoms with Crippen LogP contribution in [-0.4, -0.2) is 14.8 Å². The molecule has 0 unspecified atom stereocenters. The van der Waals surface area contributed by atoms with Crippen molar-refractivity contribution in [2.45, 2.75) is 5.88 Å². The van der Waals surface area contributed by atoms with Crippen molar-refractivity contribution in [2.75, 3.05) is 0 Å². The molecule has 0 radical (unpaired) electrons. The Morgan fingerprint density at radius 3 is 2.78 bits per heavy atom. The summed E-state index contributed by atoms with van der Waals surface area (Å²) in [6.07, 6.45) is 3.80. The molecule has 0 spiro atoms. The van der Waals surface area contributed by atoms with E-state index in [-0.39, 0.29) is 0 Å². The van der Waals surface area contributed by atoms with Crippen molar-refractivity contribution >= 4 is 22.9 Å². The number of thiazole rings is 1. The molecule has 0 fully saturated rings. The number of halogens is 1. The molecular formula is C13H10ClN3S. The summed E-state index contributed by atoms with van der Waals surface area (Å²) in [5, 5.41) is 7.27. The van der Waals surface area contributed by atoms with E-state index in [2.05, 4.69) is 10.1 Å². The third-order valence-corrected chi connectivity index (χ3v) is 3.75. The van der Waals surface area contributed by atoms with Crippen molar-refractivity contribution in [3.05, 3.63) is 53.8 Å². The summed E-state index contributed by atoms with van der Waals surface area (Å²) >= 11 is 7.34. The molecule has 0 bridgehead atoms. The van der Waals surface area contributed by atoms with E-state index in [1.807, 2.05) is 52.8 Å². The van der Waals surface area contributed by atoms with Crippen molar-refractivity contribution in [1.29, 1.82) is 0 Å². The Morgan fingerprint density at radius 1 is 1.22 bits per heavy atom. The number of alkyl halides is 1. The van der Waals surface area contributed by atoms with E-state index in [9.17, 15) is 0 Å². The number of rotatable bonds is 3. The van der Waals surface area contributed by atoms with Gasteiger partial charge >= 0.3 is 0 Å². The highest BCUT2D eigenvalue weighted by atomic mass is 35.5. The van der Waals surface area contributed by atoms with Gasteiger partial charge in [0, 0.05) is 17.1 Å². The molecular weight excluding hydrogens is 266 g/mol. The SMILES string of the molecule is ClCc1csc(-c2cnn(-c3ccccc3)c2)n1. The van der Waals surface area contributed by atoms with Crippen LogP contribution in [0.2, 0.25) is 0 Å². The molecule has 0 N–H and O–H groups in total. The van der Waals surface area contributed by atoms with E-state index in [1.54, 1.807) is 11.3 Å². The van der Waals surface area contributed by atoms with Crippen molar-refractivity contribution in [2.24, 2.45) is 0 Å². The highest BCUT2D eigenvalue weighted by Gasteiger charge is 2.07. The summed E-state index contributed by atoms with van der Waals surface area (Å²) < 4.78 is 1.84. The summed E-state index contributed by atoms with van der Waals surface area (Å²) in [5.41, 5.74) is 2.96. The Kier molecular flexibility index (Phi) is 3.13. The zero-order valence-corrected chi connectivity index (χ0v) is 11.0. The number of aromatic nitrogens is 3. The predicted molar refractivity (Wildman–Crippen MR) is 74.2 cm³/mol. The second-order valence-electron chi connectivity index (χ2n) is 3.79. The maximum absolute atomic E-state index is 5.75. The summed E-state index contributed by atoms with van der Waals surface area (Å²) in [4.78, 5) is 4.44.